The molecule has 0 atom stereocenters. The largest absolute Gasteiger partial charge is 0.497 e. The van der Waals surface area contributed by atoms with Gasteiger partial charge in [-0.25, -0.2) is 4.39 Å². The Morgan fingerprint density at radius 1 is 1.21 bits per heavy atom. The smallest absolute Gasteiger partial charge is 0.124 e. The van der Waals surface area contributed by atoms with E-state index in [4.69, 9.17) is 4.74 Å². The van der Waals surface area contributed by atoms with Gasteiger partial charge in [-0.3, -0.25) is 0 Å². The van der Waals surface area contributed by atoms with Gasteiger partial charge in [0.2, 0.25) is 0 Å². The molecule has 0 saturated heterocycles. The van der Waals surface area contributed by atoms with E-state index in [1.165, 1.54) is 6.07 Å². The number of rotatable bonds is 4. The van der Waals surface area contributed by atoms with Gasteiger partial charge in [-0.05, 0) is 35.9 Å². The molecule has 0 aromatic heterocycles. The number of anilines is 1. The summed E-state index contributed by atoms with van der Waals surface area (Å²) < 4.78 is 19.3. The average molecular weight is 324 g/mol. The third-order valence-electron chi connectivity index (χ3n) is 2.84. The van der Waals surface area contributed by atoms with Crippen LogP contribution >= 0.6 is 15.9 Å². The lowest BCUT2D eigenvalue weighted by atomic mass is 10.2. The van der Waals surface area contributed by atoms with Crippen LogP contribution in [0.25, 0.3) is 0 Å². The Balaban J connectivity index is 2.17. The first-order valence-corrected chi connectivity index (χ1v) is 6.68. The number of hydrogen-bond donors (Lipinski definition) is 0. The molecule has 0 N–H and O–H groups in total. The second kappa shape index (κ2) is 6.06. The zero-order chi connectivity index (χ0) is 13.8. The van der Waals surface area contributed by atoms with Gasteiger partial charge < -0.3 is 9.64 Å². The number of nitrogens with zero attached hydrogens (tertiary/aromatic N) is 1. The molecular formula is C15H15BrFNO. The molecule has 0 saturated carbocycles. The molecule has 0 heterocycles. The summed E-state index contributed by atoms with van der Waals surface area (Å²) in [5.74, 6) is 0.577. The van der Waals surface area contributed by atoms with Gasteiger partial charge in [0.05, 0.1) is 7.11 Å². The molecule has 0 unspecified atom stereocenters. The number of halogens is 2. The van der Waals surface area contributed by atoms with Gasteiger partial charge in [0.1, 0.15) is 11.6 Å². The van der Waals surface area contributed by atoms with E-state index in [1.807, 2.05) is 42.3 Å². The minimum atomic E-state index is -0.233. The highest BCUT2D eigenvalue weighted by Crippen LogP contribution is 2.22. The minimum absolute atomic E-state index is 0.233. The highest BCUT2D eigenvalue weighted by Gasteiger charge is 2.05. The zero-order valence-corrected chi connectivity index (χ0v) is 12.4. The summed E-state index contributed by atoms with van der Waals surface area (Å²) in [5.41, 5.74) is 1.94. The first-order valence-electron chi connectivity index (χ1n) is 5.88. The Morgan fingerprint density at radius 3 is 2.68 bits per heavy atom. The van der Waals surface area contributed by atoms with Crippen LogP contribution in [0.15, 0.2) is 46.9 Å². The van der Waals surface area contributed by atoms with Crippen LogP contribution in [0.4, 0.5) is 10.1 Å². The van der Waals surface area contributed by atoms with Crippen LogP contribution in [0.2, 0.25) is 0 Å². The summed E-state index contributed by atoms with van der Waals surface area (Å²) in [6, 6.07) is 12.7. The van der Waals surface area contributed by atoms with Gasteiger partial charge in [-0.15, -0.1) is 0 Å². The lowest BCUT2D eigenvalue weighted by molar-refractivity contribution is 0.415. The predicted octanol–water partition coefficient (Wildman–Crippen LogP) is 4.23. The average Bonchev–Trinajstić information content (AvgIpc) is 2.37. The van der Waals surface area contributed by atoms with E-state index in [1.54, 1.807) is 13.2 Å². The quantitative estimate of drug-likeness (QED) is 0.834. The Kier molecular flexibility index (Phi) is 4.43. The maximum absolute atomic E-state index is 13.3. The van der Waals surface area contributed by atoms with Crippen molar-refractivity contribution in [3.8, 4) is 5.75 Å². The number of ether oxygens (including phenoxy) is 1. The van der Waals surface area contributed by atoms with Crippen molar-refractivity contribution in [2.24, 2.45) is 0 Å². The maximum Gasteiger partial charge on any atom is 0.124 e. The standard InChI is InChI=1S/C15H15BrFNO/c1-18(14-4-3-5-15(9-14)19-2)10-11-6-12(16)8-13(17)7-11/h3-9H,10H2,1-2H3. The first kappa shape index (κ1) is 13.9. The van der Waals surface area contributed by atoms with Gasteiger partial charge in [0.25, 0.3) is 0 Å². The van der Waals surface area contributed by atoms with Crippen molar-refractivity contribution in [1.82, 2.24) is 0 Å². The lowest BCUT2D eigenvalue weighted by Gasteiger charge is -2.20. The van der Waals surface area contributed by atoms with E-state index in [9.17, 15) is 4.39 Å². The van der Waals surface area contributed by atoms with Crippen LogP contribution in [0.1, 0.15) is 5.56 Å². The van der Waals surface area contributed by atoms with Gasteiger partial charge in [0, 0.05) is 29.8 Å². The third kappa shape index (κ3) is 3.70. The first-order chi connectivity index (χ1) is 9.08. The fourth-order valence-corrected chi connectivity index (χ4v) is 2.43. The number of methoxy groups -OCH3 is 1. The fourth-order valence-electron chi connectivity index (χ4n) is 1.92. The van der Waals surface area contributed by atoms with Gasteiger partial charge in [0.15, 0.2) is 0 Å². The Labute approximate surface area is 120 Å². The van der Waals surface area contributed by atoms with Crippen molar-refractivity contribution in [1.29, 1.82) is 0 Å². The number of hydrogen-bond acceptors (Lipinski definition) is 2. The molecule has 100 valence electrons. The molecule has 0 radical (unpaired) electrons. The van der Waals surface area contributed by atoms with Crippen LogP contribution in [0.5, 0.6) is 5.75 Å². The molecular weight excluding hydrogens is 309 g/mol. The molecule has 2 aromatic carbocycles. The van der Waals surface area contributed by atoms with Crippen molar-refractivity contribution < 1.29 is 9.13 Å². The Morgan fingerprint density at radius 2 is 2.00 bits per heavy atom. The van der Waals surface area contributed by atoms with Crippen LogP contribution in [-0.2, 0) is 6.54 Å². The van der Waals surface area contributed by atoms with Crippen molar-refractivity contribution >= 4 is 21.6 Å². The predicted molar refractivity (Wildman–Crippen MR) is 79.2 cm³/mol. The molecule has 0 amide bonds. The molecule has 0 aliphatic carbocycles. The summed E-state index contributed by atoms with van der Waals surface area (Å²) in [6.07, 6.45) is 0. The summed E-state index contributed by atoms with van der Waals surface area (Å²) in [6.45, 7) is 0.628. The van der Waals surface area contributed by atoms with E-state index < -0.39 is 0 Å². The Hall–Kier alpha value is -1.55. The SMILES string of the molecule is COc1cccc(N(C)Cc2cc(F)cc(Br)c2)c1. The normalized spacial score (nSPS) is 10.3. The van der Waals surface area contributed by atoms with Gasteiger partial charge in [-0.2, -0.15) is 0 Å². The van der Waals surface area contributed by atoms with E-state index in [2.05, 4.69) is 15.9 Å². The zero-order valence-electron chi connectivity index (χ0n) is 10.9. The fraction of sp³-hybridized carbons (Fsp3) is 0.200. The van der Waals surface area contributed by atoms with Crippen molar-refractivity contribution in [3.05, 3.63) is 58.3 Å². The molecule has 2 aromatic rings. The van der Waals surface area contributed by atoms with Crippen molar-refractivity contribution in [2.75, 3.05) is 19.1 Å². The van der Waals surface area contributed by atoms with Crippen LogP contribution in [-0.4, -0.2) is 14.2 Å². The second-order valence-electron chi connectivity index (χ2n) is 4.34. The summed E-state index contributed by atoms with van der Waals surface area (Å²) in [4.78, 5) is 2.05. The van der Waals surface area contributed by atoms with E-state index >= 15 is 0 Å². The molecule has 0 spiro atoms. The highest BCUT2D eigenvalue weighted by molar-refractivity contribution is 9.10. The molecule has 0 aliphatic rings. The molecule has 2 rings (SSSR count). The van der Waals surface area contributed by atoms with Gasteiger partial charge in [-0.1, -0.05) is 22.0 Å². The van der Waals surface area contributed by atoms with E-state index in [0.29, 0.717) is 6.54 Å². The summed E-state index contributed by atoms with van der Waals surface area (Å²) >= 11 is 3.30. The molecule has 0 aliphatic heterocycles. The molecule has 0 bridgehead atoms. The van der Waals surface area contributed by atoms with E-state index in [-0.39, 0.29) is 5.82 Å². The monoisotopic (exact) mass is 323 g/mol. The summed E-state index contributed by atoms with van der Waals surface area (Å²) in [5, 5.41) is 0. The maximum atomic E-state index is 13.3. The van der Waals surface area contributed by atoms with Crippen LogP contribution < -0.4 is 9.64 Å². The molecule has 19 heavy (non-hydrogen) atoms. The minimum Gasteiger partial charge on any atom is -0.497 e. The molecule has 4 heteroatoms. The highest BCUT2D eigenvalue weighted by atomic mass is 79.9. The summed E-state index contributed by atoms with van der Waals surface area (Å²) in [7, 11) is 3.61. The van der Waals surface area contributed by atoms with E-state index in [0.717, 1.165) is 21.5 Å². The van der Waals surface area contributed by atoms with Gasteiger partial charge >= 0.3 is 0 Å². The molecule has 2 nitrogen and oxygen atoms in total. The molecule has 0 fully saturated rings. The second-order valence-corrected chi connectivity index (χ2v) is 5.25. The van der Waals surface area contributed by atoms with Crippen molar-refractivity contribution in [3.63, 3.8) is 0 Å². The number of benzene rings is 2. The third-order valence-corrected chi connectivity index (χ3v) is 3.29. The Bertz CT molecular complexity index is 554. The van der Waals surface area contributed by atoms with Crippen LogP contribution in [0, 0.1) is 5.82 Å². The lowest BCUT2D eigenvalue weighted by Crippen LogP contribution is -2.16. The van der Waals surface area contributed by atoms with Crippen LogP contribution in [0.3, 0.4) is 0 Å². The topological polar surface area (TPSA) is 12.5 Å². The van der Waals surface area contributed by atoms with Crippen molar-refractivity contribution in [2.45, 2.75) is 6.54 Å².